The molecule has 0 N–H and O–H groups in total. The summed E-state index contributed by atoms with van der Waals surface area (Å²) in [6.45, 7) is 11.5. The van der Waals surface area contributed by atoms with Gasteiger partial charge < -0.3 is 0 Å². The van der Waals surface area contributed by atoms with E-state index in [4.69, 9.17) is 5.26 Å². The molecule has 0 heterocycles. The first-order valence-corrected chi connectivity index (χ1v) is 15.7. The summed E-state index contributed by atoms with van der Waals surface area (Å²) in [5.74, 6) is 2.10. The predicted octanol–water partition coefficient (Wildman–Crippen LogP) is 7.94. The number of hydrogen-bond donors (Lipinski definition) is 0. The Morgan fingerprint density at radius 1 is 0.556 bits per heavy atom. The van der Waals surface area contributed by atoms with Crippen molar-refractivity contribution in [3.8, 4) is 12.1 Å². The molecule has 0 aromatic carbocycles. The Balaban J connectivity index is 0.000000207. The van der Waals surface area contributed by atoms with E-state index in [0.29, 0.717) is 17.9 Å². The smallest absolute Gasteiger partial charge is 0.0656 e. The molecule has 0 spiro atoms. The molecule has 4 heteroatoms. The van der Waals surface area contributed by atoms with Crippen LogP contribution in [0.1, 0.15) is 130 Å². The number of nitrogens with zero attached hydrogens (tertiary/aromatic N) is 4. The lowest BCUT2D eigenvalue weighted by atomic mass is 9.87. The molecule has 4 rings (SSSR count). The van der Waals surface area contributed by atoms with Crippen LogP contribution in [-0.2, 0) is 0 Å². The molecular weight excluding hydrogens is 440 g/mol. The first-order valence-electron chi connectivity index (χ1n) is 15.7. The van der Waals surface area contributed by atoms with Gasteiger partial charge in [-0.15, -0.1) is 0 Å². The van der Waals surface area contributed by atoms with Crippen LogP contribution in [0.5, 0.6) is 0 Å². The van der Waals surface area contributed by atoms with E-state index in [9.17, 15) is 5.26 Å². The maximum Gasteiger partial charge on any atom is 0.0656 e. The van der Waals surface area contributed by atoms with E-state index in [-0.39, 0.29) is 0 Å². The van der Waals surface area contributed by atoms with Crippen LogP contribution in [0.2, 0.25) is 0 Å². The third-order valence-corrected chi connectivity index (χ3v) is 9.31. The van der Waals surface area contributed by atoms with Crippen molar-refractivity contribution in [2.24, 2.45) is 23.7 Å². The Hall–Kier alpha value is -1.10. The summed E-state index contributed by atoms with van der Waals surface area (Å²) in [6.07, 6.45) is 21.3. The summed E-state index contributed by atoms with van der Waals surface area (Å²) in [6, 6.07) is 8.03. The zero-order valence-electron chi connectivity index (χ0n) is 24.1. The molecule has 0 aliphatic heterocycles. The zero-order chi connectivity index (χ0) is 25.9. The second kappa shape index (κ2) is 15.3. The maximum absolute atomic E-state index is 9.22. The minimum absolute atomic E-state index is 0.312. The van der Waals surface area contributed by atoms with Crippen molar-refractivity contribution >= 4 is 0 Å². The second-order valence-electron chi connectivity index (χ2n) is 13.4. The SMILES string of the molecule is CC(C)CN(CC(C)C)C1CCC(C#N)C1.N#CC1CCC(N(C2CCCCC2)C2CCCCC2)C1. The van der Waals surface area contributed by atoms with Crippen LogP contribution < -0.4 is 0 Å². The van der Waals surface area contributed by atoms with E-state index in [0.717, 1.165) is 55.6 Å². The van der Waals surface area contributed by atoms with Gasteiger partial charge in [0.2, 0.25) is 0 Å². The Morgan fingerprint density at radius 3 is 1.36 bits per heavy atom. The Labute approximate surface area is 223 Å². The fraction of sp³-hybridized carbons (Fsp3) is 0.938. The van der Waals surface area contributed by atoms with Gasteiger partial charge in [0.25, 0.3) is 0 Å². The molecular formula is C32H56N4. The van der Waals surface area contributed by atoms with Crippen molar-refractivity contribution in [1.29, 1.82) is 10.5 Å². The topological polar surface area (TPSA) is 54.1 Å². The molecule has 4 fully saturated rings. The number of hydrogen-bond acceptors (Lipinski definition) is 4. The van der Waals surface area contributed by atoms with Gasteiger partial charge >= 0.3 is 0 Å². The van der Waals surface area contributed by atoms with Crippen LogP contribution in [0.25, 0.3) is 0 Å². The summed E-state index contributed by atoms with van der Waals surface area (Å²) >= 11 is 0. The van der Waals surface area contributed by atoms with Crippen LogP contribution in [0, 0.1) is 46.3 Å². The molecule has 4 aliphatic carbocycles. The first kappa shape index (κ1) is 29.5. The van der Waals surface area contributed by atoms with Gasteiger partial charge in [-0.1, -0.05) is 66.2 Å². The van der Waals surface area contributed by atoms with Crippen molar-refractivity contribution in [3.63, 3.8) is 0 Å². The molecule has 4 unspecified atom stereocenters. The van der Waals surface area contributed by atoms with Gasteiger partial charge in [-0.05, 0) is 76.0 Å². The quantitative estimate of drug-likeness (QED) is 0.342. The molecule has 0 bridgehead atoms. The molecule has 204 valence electrons. The highest BCUT2D eigenvalue weighted by Gasteiger charge is 2.37. The fourth-order valence-corrected chi connectivity index (χ4v) is 7.72. The van der Waals surface area contributed by atoms with Crippen molar-refractivity contribution in [1.82, 2.24) is 9.80 Å². The average molecular weight is 497 g/mol. The van der Waals surface area contributed by atoms with Gasteiger partial charge in [0, 0.05) is 49.1 Å². The Kier molecular flexibility index (Phi) is 12.6. The van der Waals surface area contributed by atoms with Gasteiger partial charge in [-0.3, -0.25) is 9.80 Å². The number of nitriles is 2. The van der Waals surface area contributed by atoms with Crippen LogP contribution in [0.15, 0.2) is 0 Å². The lowest BCUT2D eigenvalue weighted by molar-refractivity contribution is 0.0389. The summed E-state index contributed by atoms with van der Waals surface area (Å²) in [7, 11) is 0. The largest absolute Gasteiger partial charge is 0.300 e. The minimum atomic E-state index is 0.312. The Bertz CT molecular complexity index is 664. The number of rotatable bonds is 8. The van der Waals surface area contributed by atoms with Gasteiger partial charge in [0.15, 0.2) is 0 Å². The lowest BCUT2D eigenvalue weighted by Gasteiger charge is -2.45. The van der Waals surface area contributed by atoms with Crippen molar-refractivity contribution < 1.29 is 0 Å². The van der Waals surface area contributed by atoms with Crippen molar-refractivity contribution in [3.05, 3.63) is 0 Å². The molecule has 4 saturated carbocycles. The predicted molar refractivity (Wildman–Crippen MR) is 150 cm³/mol. The fourth-order valence-electron chi connectivity index (χ4n) is 7.72. The van der Waals surface area contributed by atoms with Gasteiger partial charge in [0.1, 0.15) is 0 Å². The zero-order valence-corrected chi connectivity index (χ0v) is 24.1. The molecule has 4 aliphatic rings. The van der Waals surface area contributed by atoms with E-state index < -0.39 is 0 Å². The molecule has 0 saturated heterocycles. The lowest BCUT2D eigenvalue weighted by Crippen LogP contribution is -2.50. The highest BCUT2D eigenvalue weighted by Crippen LogP contribution is 2.38. The van der Waals surface area contributed by atoms with Crippen LogP contribution in [0.3, 0.4) is 0 Å². The maximum atomic E-state index is 9.22. The van der Waals surface area contributed by atoms with E-state index in [1.807, 2.05) is 0 Å². The van der Waals surface area contributed by atoms with Crippen LogP contribution in [-0.4, -0.2) is 47.1 Å². The molecule has 36 heavy (non-hydrogen) atoms. The van der Waals surface area contributed by atoms with Gasteiger partial charge in [-0.25, -0.2) is 0 Å². The summed E-state index contributed by atoms with van der Waals surface area (Å²) in [5.41, 5.74) is 0. The monoisotopic (exact) mass is 496 g/mol. The van der Waals surface area contributed by atoms with E-state index in [2.05, 4.69) is 49.6 Å². The van der Waals surface area contributed by atoms with Gasteiger partial charge in [0.05, 0.1) is 12.1 Å². The highest BCUT2D eigenvalue weighted by molar-refractivity contribution is 4.98. The average Bonchev–Trinajstić information content (AvgIpc) is 3.55. The van der Waals surface area contributed by atoms with Crippen molar-refractivity contribution in [2.45, 2.75) is 155 Å². The van der Waals surface area contributed by atoms with E-state index >= 15 is 0 Å². The van der Waals surface area contributed by atoms with Crippen LogP contribution in [0.4, 0.5) is 0 Å². The normalized spacial score (nSPS) is 29.9. The second-order valence-corrected chi connectivity index (χ2v) is 13.4. The van der Waals surface area contributed by atoms with Crippen LogP contribution >= 0.6 is 0 Å². The first-order chi connectivity index (χ1) is 17.4. The van der Waals surface area contributed by atoms with E-state index in [1.165, 1.54) is 90.1 Å². The minimum Gasteiger partial charge on any atom is -0.300 e. The molecule has 0 aromatic heterocycles. The standard InChI is InChI=1S/C18H30N2.C14H26N2/c19-14-15-11-12-18(13-15)20(16-7-3-1-4-8-16)17-9-5-2-6-10-17;1-11(2)9-16(10-12(3)4)14-6-5-13(7-14)8-15/h15-18H,1-13H2;11-14H,5-7,9-10H2,1-4H3. The molecule has 0 radical (unpaired) electrons. The van der Waals surface area contributed by atoms with Gasteiger partial charge in [-0.2, -0.15) is 10.5 Å². The molecule has 0 aromatic rings. The molecule has 0 amide bonds. The molecule has 4 atom stereocenters. The summed E-state index contributed by atoms with van der Waals surface area (Å²) in [4.78, 5) is 5.56. The van der Waals surface area contributed by atoms with E-state index in [1.54, 1.807) is 0 Å². The highest BCUT2D eigenvalue weighted by atomic mass is 15.2. The van der Waals surface area contributed by atoms with Crippen molar-refractivity contribution in [2.75, 3.05) is 13.1 Å². The third kappa shape index (κ3) is 9.03. The summed E-state index contributed by atoms with van der Waals surface area (Å²) < 4.78 is 0. The third-order valence-electron chi connectivity index (χ3n) is 9.31. The molecule has 4 nitrogen and oxygen atoms in total. The summed E-state index contributed by atoms with van der Waals surface area (Å²) in [5, 5.41) is 18.2. The Morgan fingerprint density at radius 2 is 0.972 bits per heavy atom.